The first kappa shape index (κ1) is 19.9. The molecule has 0 amide bonds. The number of nitrogens with zero attached hydrogens (tertiary/aromatic N) is 1. The maximum atomic E-state index is 12.8. The first-order valence-corrected chi connectivity index (χ1v) is 11.9. The topological polar surface area (TPSA) is 58.6 Å². The van der Waals surface area contributed by atoms with Gasteiger partial charge in [0.15, 0.2) is 5.72 Å². The molecular formula is C25H26N2O3S. The van der Waals surface area contributed by atoms with Crippen molar-refractivity contribution >= 4 is 21.4 Å². The van der Waals surface area contributed by atoms with Gasteiger partial charge < -0.3 is 9.64 Å². The zero-order chi connectivity index (χ0) is 22.0. The van der Waals surface area contributed by atoms with Gasteiger partial charge in [-0.25, -0.2) is 8.42 Å². The number of nitrogens with one attached hydrogen (secondary N) is 1. The fraction of sp³-hybridized carbons (Fsp3) is 0.280. The second kappa shape index (κ2) is 6.50. The SMILES string of the molecule is Cc1ccc(S(=O)(=O)Nc2ccc3c(c2)C[C@]2(O3)N(C)c3ccccc3C2(C)C)cc1. The van der Waals surface area contributed by atoms with Crippen molar-refractivity contribution in [2.24, 2.45) is 0 Å². The highest BCUT2D eigenvalue weighted by Crippen LogP contribution is 2.56. The van der Waals surface area contributed by atoms with E-state index in [9.17, 15) is 8.42 Å². The maximum Gasteiger partial charge on any atom is 0.261 e. The Morgan fingerprint density at radius 2 is 1.71 bits per heavy atom. The molecule has 0 saturated carbocycles. The zero-order valence-corrected chi connectivity index (χ0v) is 19.0. The summed E-state index contributed by atoms with van der Waals surface area (Å²) in [4.78, 5) is 2.47. The van der Waals surface area contributed by atoms with E-state index in [1.807, 2.05) is 25.1 Å². The van der Waals surface area contributed by atoms with Crippen LogP contribution in [-0.2, 0) is 21.9 Å². The summed E-state index contributed by atoms with van der Waals surface area (Å²) in [6.07, 6.45) is 0.667. The lowest BCUT2D eigenvalue weighted by Crippen LogP contribution is -2.58. The smallest absolute Gasteiger partial charge is 0.261 e. The van der Waals surface area contributed by atoms with Crippen molar-refractivity contribution in [3.8, 4) is 5.75 Å². The van der Waals surface area contributed by atoms with Crippen LogP contribution >= 0.6 is 0 Å². The molecule has 3 aromatic rings. The third kappa shape index (κ3) is 2.85. The van der Waals surface area contributed by atoms with E-state index in [2.05, 4.69) is 48.7 Å². The maximum absolute atomic E-state index is 12.8. The summed E-state index contributed by atoms with van der Waals surface area (Å²) in [5.41, 5.74) is 4.19. The minimum absolute atomic E-state index is 0.237. The second-order valence-electron chi connectivity index (χ2n) is 9.01. The molecule has 0 radical (unpaired) electrons. The average molecular weight is 435 g/mol. The highest BCUT2D eigenvalue weighted by molar-refractivity contribution is 7.92. The fourth-order valence-electron chi connectivity index (χ4n) is 4.94. The van der Waals surface area contributed by atoms with E-state index in [0.29, 0.717) is 12.1 Å². The van der Waals surface area contributed by atoms with E-state index < -0.39 is 15.7 Å². The molecule has 2 heterocycles. The van der Waals surface area contributed by atoms with Crippen LogP contribution in [0, 0.1) is 6.92 Å². The molecule has 5 rings (SSSR count). The molecule has 1 spiro atoms. The van der Waals surface area contributed by atoms with E-state index in [1.54, 1.807) is 30.3 Å². The van der Waals surface area contributed by atoms with Gasteiger partial charge in [0.05, 0.1) is 10.3 Å². The lowest BCUT2D eigenvalue weighted by Gasteiger charge is -2.42. The van der Waals surface area contributed by atoms with E-state index >= 15 is 0 Å². The Bertz CT molecular complexity index is 1280. The average Bonchev–Trinajstić information content (AvgIpc) is 3.19. The normalized spacial score (nSPS) is 21.0. The van der Waals surface area contributed by atoms with Crippen LogP contribution < -0.4 is 14.4 Å². The summed E-state index contributed by atoms with van der Waals surface area (Å²) < 4.78 is 34.9. The first-order chi connectivity index (χ1) is 14.6. The van der Waals surface area contributed by atoms with Gasteiger partial charge in [0, 0.05) is 30.4 Å². The summed E-state index contributed by atoms with van der Waals surface area (Å²) in [6, 6.07) is 20.7. The molecule has 31 heavy (non-hydrogen) atoms. The molecule has 6 heteroatoms. The van der Waals surface area contributed by atoms with Gasteiger partial charge in [0.2, 0.25) is 0 Å². The highest BCUT2D eigenvalue weighted by Gasteiger charge is 2.60. The predicted octanol–water partition coefficient (Wildman–Crippen LogP) is 4.85. The van der Waals surface area contributed by atoms with Crippen LogP contribution in [0.4, 0.5) is 11.4 Å². The van der Waals surface area contributed by atoms with Gasteiger partial charge in [0.25, 0.3) is 10.0 Å². The molecule has 3 aromatic carbocycles. The van der Waals surface area contributed by atoms with Crippen LogP contribution in [0.3, 0.4) is 0 Å². The van der Waals surface area contributed by atoms with Crippen LogP contribution in [0.1, 0.15) is 30.5 Å². The molecule has 0 fully saturated rings. The Balaban J connectivity index is 1.47. The standard InChI is InChI=1S/C25H26N2O3S/c1-17-9-12-20(13-10-17)31(28,29)26-19-11-14-23-18(15-19)16-25(30-23)24(2,3)21-7-5-6-8-22(21)27(25)4/h5-15,26H,16H2,1-4H3/t25-/m1/s1. The molecule has 0 bridgehead atoms. The van der Waals surface area contributed by atoms with Gasteiger partial charge in [-0.05, 0) is 62.7 Å². The fourth-order valence-corrected chi connectivity index (χ4v) is 5.99. The molecule has 0 aliphatic carbocycles. The second-order valence-corrected chi connectivity index (χ2v) is 10.7. The van der Waals surface area contributed by atoms with Gasteiger partial charge in [-0.3, -0.25) is 4.72 Å². The third-order valence-electron chi connectivity index (χ3n) is 6.81. The van der Waals surface area contributed by atoms with Crippen molar-refractivity contribution in [2.75, 3.05) is 16.7 Å². The van der Waals surface area contributed by atoms with Gasteiger partial charge in [-0.15, -0.1) is 0 Å². The third-order valence-corrected chi connectivity index (χ3v) is 8.21. The lowest BCUT2D eigenvalue weighted by atomic mass is 9.76. The minimum atomic E-state index is -3.65. The largest absolute Gasteiger partial charge is 0.466 e. The molecular weight excluding hydrogens is 408 g/mol. The van der Waals surface area contributed by atoms with Crippen molar-refractivity contribution in [3.63, 3.8) is 0 Å². The summed E-state index contributed by atoms with van der Waals surface area (Å²) >= 11 is 0. The number of anilines is 2. The Hall–Kier alpha value is -2.99. The van der Waals surface area contributed by atoms with Gasteiger partial charge in [0.1, 0.15) is 5.75 Å². The zero-order valence-electron chi connectivity index (χ0n) is 18.1. The number of hydrogen-bond donors (Lipinski definition) is 1. The quantitative estimate of drug-likeness (QED) is 0.640. The number of fused-ring (bicyclic) bond motifs is 2. The Kier molecular flexibility index (Phi) is 4.18. The number of sulfonamides is 1. The Morgan fingerprint density at radius 3 is 2.42 bits per heavy atom. The number of aryl methyl sites for hydroxylation is 1. The first-order valence-electron chi connectivity index (χ1n) is 10.4. The predicted molar refractivity (Wildman–Crippen MR) is 123 cm³/mol. The van der Waals surface area contributed by atoms with E-state index in [1.165, 1.54) is 11.3 Å². The summed E-state index contributed by atoms with van der Waals surface area (Å²) in [6.45, 7) is 6.35. The molecule has 160 valence electrons. The number of rotatable bonds is 3. The van der Waals surface area contributed by atoms with E-state index in [4.69, 9.17) is 4.74 Å². The lowest BCUT2D eigenvalue weighted by molar-refractivity contribution is 0.0350. The number of likely N-dealkylation sites (N-methyl/N-ethyl adjacent to an activating group) is 1. The Labute approximate surface area is 183 Å². The minimum Gasteiger partial charge on any atom is -0.466 e. The molecule has 5 nitrogen and oxygen atoms in total. The molecule has 0 unspecified atom stereocenters. The van der Waals surface area contributed by atoms with Crippen LogP contribution in [0.2, 0.25) is 0 Å². The van der Waals surface area contributed by atoms with Crippen LogP contribution in [0.25, 0.3) is 0 Å². The Morgan fingerprint density at radius 1 is 1.00 bits per heavy atom. The number of para-hydroxylation sites is 1. The number of benzene rings is 3. The van der Waals surface area contributed by atoms with E-state index in [-0.39, 0.29) is 10.3 Å². The van der Waals surface area contributed by atoms with Crippen molar-refractivity contribution in [1.29, 1.82) is 0 Å². The molecule has 0 saturated heterocycles. The van der Waals surface area contributed by atoms with Gasteiger partial charge in [-0.2, -0.15) is 0 Å². The van der Waals surface area contributed by atoms with Crippen molar-refractivity contribution < 1.29 is 13.2 Å². The summed E-state index contributed by atoms with van der Waals surface area (Å²) in [5.74, 6) is 0.797. The van der Waals surface area contributed by atoms with Gasteiger partial charge >= 0.3 is 0 Å². The molecule has 1 atom stereocenters. The number of hydrogen-bond acceptors (Lipinski definition) is 4. The summed E-state index contributed by atoms with van der Waals surface area (Å²) in [7, 11) is -1.58. The summed E-state index contributed by atoms with van der Waals surface area (Å²) in [5, 5.41) is 0. The molecule has 1 N–H and O–H groups in total. The van der Waals surface area contributed by atoms with Crippen LogP contribution in [-0.4, -0.2) is 21.2 Å². The van der Waals surface area contributed by atoms with Gasteiger partial charge in [-0.1, -0.05) is 35.9 Å². The highest BCUT2D eigenvalue weighted by atomic mass is 32.2. The molecule has 0 aromatic heterocycles. The number of ether oxygens (including phenoxy) is 1. The van der Waals surface area contributed by atoms with E-state index in [0.717, 1.165) is 16.9 Å². The molecule has 2 aliphatic rings. The molecule has 2 aliphatic heterocycles. The van der Waals surface area contributed by atoms with Crippen LogP contribution in [0.5, 0.6) is 5.75 Å². The van der Waals surface area contributed by atoms with Crippen molar-refractivity contribution in [3.05, 3.63) is 83.4 Å². The van der Waals surface area contributed by atoms with Crippen molar-refractivity contribution in [1.82, 2.24) is 0 Å². The van der Waals surface area contributed by atoms with Crippen LogP contribution in [0.15, 0.2) is 71.6 Å². The van der Waals surface area contributed by atoms with Crippen molar-refractivity contribution in [2.45, 2.75) is 43.2 Å². The monoisotopic (exact) mass is 434 g/mol.